The molecule has 1 aliphatic rings. The van der Waals surface area contributed by atoms with Crippen molar-refractivity contribution in [2.75, 3.05) is 23.7 Å². The van der Waals surface area contributed by atoms with Crippen molar-refractivity contribution in [3.63, 3.8) is 0 Å². The number of morpholine rings is 1. The van der Waals surface area contributed by atoms with E-state index < -0.39 is 0 Å². The number of fused-ring (bicyclic) bond motifs is 1. The van der Waals surface area contributed by atoms with Gasteiger partial charge < -0.3 is 20.4 Å². The van der Waals surface area contributed by atoms with Crippen molar-refractivity contribution in [1.82, 2.24) is 19.9 Å². The Labute approximate surface area is 104 Å². The van der Waals surface area contributed by atoms with Gasteiger partial charge in [-0.15, -0.1) is 0 Å². The SMILES string of the molecule is CC1CN(c2nc(N)nc3nc[nH]c23)CC(C)O1. The molecule has 0 aliphatic carbocycles. The Hall–Kier alpha value is -1.89. The number of ether oxygens (including phenoxy) is 1. The highest BCUT2D eigenvalue weighted by Crippen LogP contribution is 2.24. The van der Waals surface area contributed by atoms with Gasteiger partial charge in [-0.1, -0.05) is 0 Å². The molecule has 3 heterocycles. The lowest BCUT2D eigenvalue weighted by Gasteiger charge is -2.36. The summed E-state index contributed by atoms with van der Waals surface area (Å²) >= 11 is 0. The molecule has 7 heteroatoms. The lowest BCUT2D eigenvalue weighted by Crippen LogP contribution is -2.46. The first-order valence-electron chi connectivity index (χ1n) is 6.00. The molecule has 2 aromatic heterocycles. The normalized spacial score (nSPS) is 24.7. The Bertz CT molecular complexity index is 558. The molecule has 3 N–H and O–H groups in total. The van der Waals surface area contributed by atoms with Gasteiger partial charge >= 0.3 is 0 Å². The summed E-state index contributed by atoms with van der Waals surface area (Å²) in [6.07, 6.45) is 1.95. The third-order valence-corrected chi connectivity index (χ3v) is 3.00. The molecular weight excluding hydrogens is 232 g/mol. The van der Waals surface area contributed by atoms with Gasteiger partial charge in [0.2, 0.25) is 5.95 Å². The van der Waals surface area contributed by atoms with Gasteiger partial charge in [0, 0.05) is 13.1 Å². The highest BCUT2D eigenvalue weighted by molar-refractivity contribution is 5.84. The molecule has 1 saturated heterocycles. The van der Waals surface area contributed by atoms with Crippen LogP contribution in [0.5, 0.6) is 0 Å². The van der Waals surface area contributed by atoms with Gasteiger partial charge in [0.05, 0.1) is 18.5 Å². The largest absolute Gasteiger partial charge is 0.372 e. The minimum Gasteiger partial charge on any atom is -0.372 e. The van der Waals surface area contributed by atoms with E-state index in [4.69, 9.17) is 10.5 Å². The first kappa shape index (κ1) is 11.2. The average molecular weight is 248 g/mol. The second kappa shape index (κ2) is 4.09. The zero-order valence-electron chi connectivity index (χ0n) is 10.4. The molecule has 0 saturated carbocycles. The van der Waals surface area contributed by atoms with Crippen LogP contribution in [0.1, 0.15) is 13.8 Å². The zero-order valence-corrected chi connectivity index (χ0v) is 10.4. The molecule has 96 valence electrons. The summed E-state index contributed by atoms with van der Waals surface area (Å²) in [7, 11) is 0. The standard InChI is InChI=1S/C11H16N6O/c1-6-3-17(4-7(2)18-6)10-8-9(14-5-13-8)15-11(12)16-10/h5-7H,3-4H2,1-2H3,(H3,12,13,14,15,16). The number of aromatic nitrogens is 4. The summed E-state index contributed by atoms with van der Waals surface area (Å²) in [5.41, 5.74) is 7.15. The van der Waals surface area contributed by atoms with Crippen molar-refractivity contribution < 1.29 is 4.74 Å². The number of nitrogens with one attached hydrogen (secondary N) is 1. The maximum absolute atomic E-state index is 5.73. The number of nitrogens with zero attached hydrogens (tertiary/aromatic N) is 4. The molecule has 0 bridgehead atoms. The summed E-state index contributed by atoms with van der Waals surface area (Å²) in [6.45, 7) is 5.68. The quantitative estimate of drug-likeness (QED) is 0.765. The molecule has 1 fully saturated rings. The fourth-order valence-electron chi connectivity index (χ4n) is 2.41. The Balaban J connectivity index is 2.05. The first-order chi connectivity index (χ1) is 8.63. The molecule has 1 aliphatic heterocycles. The molecule has 2 aromatic rings. The molecule has 0 radical (unpaired) electrons. The van der Waals surface area contributed by atoms with Gasteiger partial charge in [0.15, 0.2) is 11.5 Å². The van der Waals surface area contributed by atoms with E-state index >= 15 is 0 Å². The van der Waals surface area contributed by atoms with Gasteiger partial charge in [0.1, 0.15) is 5.52 Å². The van der Waals surface area contributed by atoms with Crippen LogP contribution in [-0.4, -0.2) is 45.2 Å². The van der Waals surface area contributed by atoms with Crippen molar-refractivity contribution >= 4 is 22.9 Å². The van der Waals surface area contributed by atoms with Crippen LogP contribution in [0.15, 0.2) is 6.33 Å². The van der Waals surface area contributed by atoms with Crippen molar-refractivity contribution in [3.05, 3.63) is 6.33 Å². The van der Waals surface area contributed by atoms with Crippen LogP contribution in [0.25, 0.3) is 11.2 Å². The molecule has 0 spiro atoms. The minimum atomic E-state index is 0.169. The first-order valence-corrected chi connectivity index (χ1v) is 6.00. The number of anilines is 2. The van der Waals surface area contributed by atoms with Crippen molar-refractivity contribution in [2.45, 2.75) is 26.1 Å². The number of aromatic amines is 1. The molecule has 7 nitrogen and oxygen atoms in total. The second-order valence-corrected chi connectivity index (χ2v) is 4.67. The molecule has 2 atom stereocenters. The molecular formula is C11H16N6O. The van der Waals surface area contributed by atoms with Gasteiger partial charge in [-0.3, -0.25) is 0 Å². The van der Waals surface area contributed by atoms with Crippen LogP contribution in [0.3, 0.4) is 0 Å². The summed E-state index contributed by atoms with van der Waals surface area (Å²) < 4.78 is 5.72. The minimum absolute atomic E-state index is 0.169. The fourth-order valence-corrected chi connectivity index (χ4v) is 2.41. The third kappa shape index (κ3) is 1.86. The lowest BCUT2D eigenvalue weighted by molar-refractivity contribution is -0.00537. The summed E-state index contributed by atoms with van der Waals surface area (Å²) in [5, 5.41) is 0. The van der Waals surface area contributed by atoms with Crippen LogP contribution in [0.2, 0.25) is 0 Å². The van der Waals surface area contributed by atoms with Crippen molar-refractivity contribution in [1.29, 1.82) is 0 Å². The second-order valence-electron chi connectivity index (χ2n) is 4.67. The summed E-state index contributed by atoms with van der Waals surface area (Å²) in [6, 6.07) is 0. The van der Waals surface area contributed by atoms with Gasteiger partial charge in [0.25, 0.3) is 0 Å². The summed E-state index contributed by atoms with van der Waals surface area (Å²) in [5.74, 6) is 1.05. The molecule has 0 aromatic carbocycles. The number of imidazole rings is 1. The zero-order chi connectivity index (χ0) is 12.7. The van der Waals surface area contributed by atoms with E-state index in [1.165, 1.54) is 0 Å². The van der Waals surface area contributed by atoms with Crippen molar-refractivity contribution in [2.24, 2.45) is 0 Å². The van der Waals surface area contributed by atoms with Gasteiger partial charge in [-0.2, -0.15) is 9.97 Å². The van der Waals surface area contributed by atoms with Crippen LogP contribution in [0, 0.1) is 0 Å². The smallest absolute Gasteiger partial charge is 0.224 e. The number of nitrogens with two attached hydrogens (primary N) is 1. The van der Waals surface area contributed by atoms with Crippen LogP contribution in [-0.2, 0) is 4.74 Å². The maximum Gasteiger partial charge on any atom is 0.224 e. The van der Waals surface area contributed by atoms with E-state index in [1.807, 2.05) is 0 Å². The van der Waals surface area contributed by atoms with E-state index in [2.05, 4.69) is 38.7 Å². The third-order valence-electron chi connectivity index (χ3n) is 3.00. The maximum atomic E-state index is 5.73. The van der Waals surface area contributed by atoms with Crippen molar-refractivity contribution in [3.8, 4) is 0 Å². The Kier molecular flexibility index (Phi) is 2.55. The highest BCUT2D eigenvalue weighted by atomic mass is 16.5. The average Bonchev–Trinajstić information content (AvgIpc) is 2.74. The molecule has 3 rings (SSSR count). The van der Waals surface area contributed by atoms with Crippen LogP contribution < -0.4 is 10.6 Å². The topological polar surface area (TPSA) is 93.0 Å². The number of hydrogen-bond donors (Lipinski definition) is 2. The van der Waals surface area contributed by atoms with E-state index in [-0.39, 0.29) is 18.2 Å². The van der Waals surface area contributed by atoms with E-state index in [0.717, 1.165) is 24.4 Å². The van der Waals surface area contributed by atoms with E-state index in [1.54, 1.807) is 6.33 Å². The number of nitrogen functional groups attached to an aromatic ring is 1. The number of H-pyrrole nitrogens is 1. The Morgan fingerprint density at radius 2 is 2.06 bits per heavy atom. The molecule has 2 unspecified atom stereocenters. The summed E-state index contributed by atoms with van der Waals surface area (Å²) in [4.78, 5) is 17.8. The van der Waals surface area contributed by atoms with E-state index in [9.17, 15) is 0 Å². The monoisotopic (exact) mass is 248 g/mol. The van der Waals surface area contributed by atoms with E-state index in [0.29, 0.717) is 5.65 Å². The number of hydrogen-bond acceptors (Lipinski definition) is 6. The van der Waals surface area contributed by atoms with Gasteiger partial charge in [-0.25, -0.2) is 4.98 Å². The Morgan fingerprint density at radius 1 is 1.33 bits per heavy atom. The van der Waals surface area contributed by atoms with Crippen LogP contribution in [0.4, 0.5) is 11.8 Å². The van der Waals surface area contributed by atoms with Crippen LogP contribution >= 0.6 is 0 Å². The predicted octanol–water partition coefficient (Wildman–Crippen LogP) is 0.549. The number of rotatable bonds is 1. The lowest BCUT2D eigenvalue weighted by atomic mass is 10.2. The molecule has 0 amide bonds. The van der Waals surface area contributed by atoms with Gasteiger partial charge in [-0.05, 0) is 13.8 Å². The molecule has 18 heavy (non-hydrogen) atoms. The predicted molar refractivity (Wildman–Crippen MR) is 68.3 cm³/mol. The fraction of sp³-hybridized carbons (Fsp3) is 0.545. The Morgan fingerprint density at radius 3 is 2.78 bits per heavy atom. The highest BCUT2D eigenvalue weighted by Gasteiger charge is 2.25.